The van der Waals surface area contributed by atoms with Gasteiger partial charge in [0.05, 0.1) is 13.3 Å². The molecule has 212 valence electrons. The smallest absolute Gasteiger partial charge is 0.410 e. The Bertz CT molecular complexity index is 1130. The van der Waals surface area contributed by atoms with E-state index >= 15 is 0 Å². The van der Waals surface area contributed by atoms with Crippen molar-refractivity contribution in [2.75, 3.05) is 7.11 Å². The monoisotopic (exact) mass is 536 g/mol. The Balaban J connectivity index is 1.36. The first-order valence-corrected chi connectivity index (χ1v) is 14.2. The number of nitrogens with zero attached hydrogens (tertiary/aromatic N) is 3. The summed E-state index contributed by atoms with van der Waals surface area (Å²) >= 11 is 0. The molecule has 2 aliphatic rings. The number of amides is 1. The molecule has 4 rings (SSSR count). The lowest BCUT2D eigenvalue weighted by Gasteiger charge is -2.38. The molecule has 1 heterocycles. The quantitative estimate of drug-likeness (QED) is 0.399. The summed E-state index contributed by atoms with van der Waals surface area (Å²) in [6.45, 7) is 8.83. The van der Waals surface area contributed by atoms with Gasteiger partial charge in [-0.2, -0.15) is 5.10 Å². The van der Waals surface area contributed by atoms with Crippen LogP contribution >= 0.6 is 0 Å². The van der Waals surface area contributed by atoms with Crippen molar-refractivity contribution in [1.82, 2.24) is 20.0 Å². The summed E-state index contributed by atoms with van der Waals surface area (Å²) in [5.41, 5.74) is 3.13. The molecule has 1 N–H and O–H groups in total. The maximum atomic E-state index is 13.5. The molecular formula is C31H44N4O4. The van der Waals surface area contributed by atoms with Crippen molar-refractivity contribution in [3.63, 3.8) is 0 Å². The molecule has 2 aliphatic carbocycles. The maximum Gasteiger partial charge on any atom is 0.410 e. The van der Waals surface area contributed by atoms with Crippen LogP contribution in [0.3, 0.4) is 0 Å². The van der Waals surface area contributed by atoms with Crippen LogP contribution in [0.15, 0.2) is 48.3 Å². The van der Waals surface area contributed by atoms with Crippen LogP contribution < -0.4 is 5.32 Å². The summed E-state index contributed by atoms with van der Waals surface area (Å²) < 4.78 is 12.2. The van der Waals surface area contributed by atoms with Crippen molar-refractivity contribution >= 4 is 18.1 Å². The van der Waals surface area contributed by atoms with Crippen LogP contribution in [-0.4, -0.2) is 57.6 Å². The van der Waals surface area contributed by atoms with E-state index < -0.39 is 5.60 Å². The second-order valence-corrected chi connectivity index (χ2v) is 11.8. The highest BCUT2D eigenvalue weighted by Gasteiger charge is 2.49. The Labute approximate surface area is 232 Å². The standard InChI is InChI=1S/C31H44N4O4/c1-6-24(16-22-10-8-7-9-11-22)27-17-28(27)35(30(37)39-31(2,3)4)26-14-12-25(13-15-26)32-18-23-19-33-34(20-23)21-29(36)38-5/h7-11,16,19-20,25-28,32H,6,12-15,17-18,21H2,1-5H3/t25?,26?,27?,28-/m0/s1. The summed E-state index contributed by atoms with van der Waals surface area (Å²) in [7, 11) is 1.38. The van der Waals surface area contributed by atoms with Crippen molar-refractivity contribution in [2.24, 2.45) is 5.92 Å². The average molecular weight is 537 g/mol. The van der Waals surface area contributed by atoms with E-state index in [-0.39, 0.29) is 30.7 Å². The zero-order chi connectivity index (χ0) is 28.0. The number of nitrogens with one attached hydrogen (secondary N) is 1. The molecule has 2 saturated carbocycles. The molecule has 2 fully saturated rings. The van der Waals surface area contributed by atoms with E-state index in [4.69, 9.17) is 9.47 Å². The minimum atomic E-state index is -0.524. The first-order chi connectivity index (χ1) is 18.7. The first-order valence-electron chi connectivity index (χ1n) is 14.2. The van der Waals surface area contributed by atoms with E-state index in [2.05, 4.69) is 52.6 Å². The van der Waals surface area contributed by atoms with E-state index in [1.807, 2.05) is 33.0 Å². The predicted octanol–water partition coefficient (Wildman–Crippen LogP) is 5.58. The van der Waals surface area contributed by atoms with Gasteiger partial charge in [-0.15, -0.1) is 0 Å². The Kier molecular flexibility index (Phi) is 9.49. The van der Waals surface area contributed by atoms with Crippen LogP contribution in [-0.2, 0) is 27.4 Å². The Morgan fingerprint density at radius 2 is 1.87 bits per heavy atom. The molecule has 39 heavy (non-hydrogen) atoms. The number of esters is 1. The largest absolute Gasteiger partial charge is 0.468 e. The SMILES string of the molecule is CCC(=Cc1ccccc1)C1C[C@@H]1N(C(=O)OC(C)(C)C)C1CCC(NCc2cnn(CC(=O)OC)c2)CC1. The molecule has 0 spiro atoms. The number of hydrogen-bond acceptors (Lipinski definition) is 6. The van der Waals surface area contributed by atoms with Crippen molar-refractivity contribution in [2.45, 2.75) is 103 Å². The molecule has 0 saturated heterocycles. The fourth-order valence-corrected chi connectivity index (χ4v) is 5.59. The highest BCUT2D eigenvalue weighted by molar-refractivity contribution is 5.70. The number of methoxy groups -OCH3 is 1. The van der Waals surface area contributed by atoms with Crippen LogP contribution in [0.2, 0.25) is 0 Å². The summed E-state index contributed by atoms with van der Waals surface area (Å²) in [5.74, 6) is 0.0742. The van der Waals surface area contributed by atoms with Crippen LogP contribution in [0.1, 0.15) is 77.3 Å². The Morgan fingerprint density at radius 1 is 1.15 bits per heavy atom. The third-order valence-corrected chi connectivity index (χ3v) is 7.64. The number of aromatic nitrogens is 2. The normalized spacial score (nSPS) is 23.3. The minimum absolute atomic E-state index is 0.116. The van der Waals surface area contributed by atoms with Gasteiger partial charge in [0.25, 0.3) is 0 Å². The molecule has 2 atom stereocenters. The van der Waals surface area contributed by atoms with E-state index in [9.17, 15) is 9.59 Å². The van der Waals surface area contributed by atoms with Gasteiger partial charge in [0, 0.05) is 42.3 Å². The van der Waals surface area contributed by atoms with Crippen LogP contribution in [0.4, 0.5) is 4.79 Å². The lowest BCUT2D eigenvalue weighted by Crippen LogP contribution is -2.48. The molecule has 0 bridgehead atoms. The highest BCUT2D eigenvalue weighted by atomic mass is 16.6. The maximum absolute atomic E-state index is 13.5. The molecule has 2 aromatic rings. The summed E-state index contributed by atoms with van der Waals surface area (Å²) in [5, 5.41) is 7.89. The van der Waals surface area contributed by atoms with Gasteiger partial charge in [-0.05, 0) is 64.9 Å². The molecule has 1 aromatic heterocycles. The average Bonchev–Trinajstić information content (AvgIpc) is 3.55. The van der Waals surface area contributed by atoms with Gasteiger partial charge in [-0.1, -0.05) is 48.9 Å². The van der Waals surface area contributed by atoms with E-state index in [0.29, 0.717) is 18.5 Å². The van der Waals surface area contributed by atoms with Crippen molar-refractivity contribution in [3.8, 4) is 0 Å². The lowest BCUT2D eigenvalue weighted by atomic mass is 9.89. The zero-order valence-electron chi connectivity index (χ0n) is 24.1. The van der Waals surface area contributed by atoms with Gasteiger partial charge < -0.3 is 19.7 Å². The van der Waals surface area contributed by atoms with Gasteiger partial charge in [-0.3, -0.25) is 9.48 Å². The van der Waals surface area contributed by atoms with Gasteiger partial charge >= 0.3 is 12.1 Å². The van der Waals surface area contributed by atoms with Crippen LogP contribution in [0.25, 0.3) is 6.08 Å². The Morgan fingerprint density at radius 3 is 2.51 bits per heavy atom. The molecule has 1 amide bonds. The molecule has 1 unspecified atom stereocenters. The van der Waals surface area contributed by atoms with E-state index in [1.54, 1.807) is 10.9 Å². The molecular weight excluding hydrogens is 492 g/mol. The van der Waals surface area contributed by atoms with Gasteiger partial charge in [0.15, 0.2) is 0 Å². The van der Waals surface area contributed by atoms with Crippen LogP contribution in [0.5, 0.6) is 0 Å². The third kappa shape index (κ3) is 8.18. The number of carbonyl (C=O) groups is 2. The third-order valence-electron chi connectivity index (χ3n) is 7.64. The van der Waals surface area contributed by atoms with E-state index in [0.717, 1.165) is 44.1 Å². The highest BCUT2D eigenvalue weighted by Crippen LogP contribution is 2.46. The number of carbonyl (C=O) groups excluding carboxylic acids is 2. The predicted molar refractivity (Wildman–Crippen MR) is 152 cm³/mol. The number of rotatable bonds is 10. The second kappa shape index (κ2) is 12.8. The van der Waals surface area contributed by atoms with Crippen LogP contribution in [0, 0.1) is 5.92 Å². The zero-order valence-corrected chi connectivity index (χ0v) is 24.1. The van der Waals surface area contributed by atoms with Gasteiger partial charge in [0.2, 0.25) is 0 Å². The van der Waals surface area contributed by atoms with Gasteiger partial charge in [-0.25, -0.2) is 4.79 Å². The topological polar surface area (TPSA) is 85.7 Å². The summed E-state index contributed by atoms with van der Waals surface area (Å²) in [6.07, 6.45) is 11.7. The molecule has 1 aromatic carbocycles. The second-order valence-electron chi connectivity index (χ2n) is 11.8. The lowest BCUT2D eigenvalue weighted by molar-refractivity contribution is -0.141. The van der Waals surface area contributed by atoms with Crippen molar-refractivity contribution in [1.29, 1.82) is 0 Å². The fourth-order valence-electron chi connectivity index (χ4n) is 5.59. The molecule has 0 aliphatic heterocycles. The summed E-state index contributed by atoms with van der Waals surface area (Å²) in [6, 6.07) is 11.2. The molecule has 0 radical (unpaired) electrons. The molecule has 8 nitrogen and oxygen atoms in total. The van der Waals surface area contributed by atoms with Crippen molar-refractivity contribution in [3.05, 3.63) is 59.4 Å². The van der Waals surface area contributed by atoms with E-state index in [1.165, 1.54) is 18.2 Å². The number of benzene rings is 1. The van der Waals surface area contributed by atoms with Crippen molar-refractivity contribution < 1.29 is 19.1 Å². The molecule has 8 heteroatoms. The first kappa shape index (κ1) is 28.9. The Hall–Kier alpha value is -3.13. The minimum Gasteiger partial charge on any atom is -0.468 e. The number of hydrogen-bond donors (Lipinski definition) is 1. The summed E-state index contributed by atoms with van der Waals surface area (Å²) in [4.78, 5) is 27.0. The number of ether oxygens (including phenoxy) is 2. The van der Waals surface area contributed by atoms with Gasteiger partial charge in [0.1, 0.15) is 12.1 Å². The fraction of sp³-hybridized carbons (Fsp3) is 0.581.